The molecule has 5 heteroatoms. The second-order valence-electron chi connectivity index (χ2n) is 4.08. The third kappa shape index (κ3) is 1.96. The number of hydrogen-bond donors (Lipinski definition) is 1. The Kier molecular flexibility index (Phi) is 2.72. The number of nitrogens with zero attached hydrogens (tertiary/aromatic N) is 2. The number of hydrogen-bond acceptors (Lipinski definition) is 2. The van der Waals surface area contributed by atoms with Crippen molar-refractivity contribution in [3.8, 4) is 11.4 Å². The van der Waals surface area contributed by atoms with Gasteiger partial charge in [0, 0.05) is 5.56 Å². The fraction of sp³-hybridized carbons (Fsp3) is 0. The van der Waals surface area contributed by atoms with Crippen molar-refractivity contribution in [2.24, 2.45) is 0 Å². The first-order chi connectivity index (χ1) is 9.16. The van der Waals surface area contributed by atoms with Crippen LogP contribution in [-0.2, 0) is 0 Å². The van der Waals surface area contributed by atoms with E-state index >= 15 is 0 Å². The van der Waals surface area contributed by atoms with E-state index in [-0.39, 0.29) is 5.56 Å². The van der Waals surface area contributed by atoms with Crippen LogP contribution in [0.4, 0.5) is 0 Å². The molecule has 0 unspecified atom stereocenters. The first-order valence-electron chi connectivity index (χ1n) is 5.62. The molecule has 1 aromatic carbocycles. The van der Waals surface area contributed by atoms with Crippen LogP contribution in [0.3, 0.4) is 0 Å². The number of benzene rings is 1. The average Bonchev–Trinajstić information content (AvgIpc) is 2.84. The van der Waals surface area contributed by atoms with Crippen molar-refractivity contribution in [3.63, 3.8) is 0 Å². The summed E-state index contributed by atoms with van der Waals surface area (Å²) in [6, 6.07) is 12.1. The number of carbonyl (C=O) groups is 1. The Morgan fingerprint density at radius 2 is 2.00 bits per heavy atom. The predicted molar refractivity (Wildman–Crippen MR) is 72.6 cm³/mol. The van der Waals surface area contributed by atoms with Crippen LogP contribution in [-0.4, -0.2) is 20.5 Å². The lowest BCUT2D eigenvalue weighted by atomic mass is 10.1. The van der Waals surface area contributed by atoms with Crippen LogP contribution >= 0.6 is 11.6 Å². The van der Waals surface area contributed by atoms with Crippen molar-refractivity contribution in [2.45, 2.75) is 0 Å². The van der Waals surface area contributed by atoms with E-state index in [0.717, 1.165) is 5.52 Å². The Labute approximate surface area is 113 Å². The molecule has 0 aliphatic rings. The molecule has 0 spiro atoms. The van der Waals surface area contributed by atoms with Crippen molar-refractivity contribution in [2.75, 3.05) is 0 Å². The van der Waals surface area contributed by atoms with E-state index in [4.69, 9.17) is 16.7 Å². The fourth-order valence-corrected chi connectivity index (χ4v) is 2.25. The van der Waals surface area contributed by atoms with Crippen LogP contribution in [0.2, 0.25) is 5.15 Å². The highest BCUT2D eigenvalue weighted by Gasteiger charge is 2.11. The zero-order valence-electron chi connectivity index (χ0n) is 9.75. The number of carboxylic acid groups (broad SMARTS) is 1. The summed E-state index contributed by atoms with van der Waals surface area (Å²) < 4.78 is 1.78. The zero-order valence-corrected chi connectivity index (χ0v) is 10.5. The van der Waals surface area contributed by atoms with Crippen molar-refractivity contribution in [1.82, 2.24) is 9.38 Å². The summed E-state index contributed by atoms with van der Waals surface area (Å²) in [5.41, 5.74) is 1.80. The standard InChI is InChI=1S/C14H9ClN2O2/c15-12-6-2-5-11-8-16-13(17(11)12)9-3-1-4-10(7-9)14(18)19/h1-8H,(H,18,19). The maximum absolute atomic E-state index is 11.0. The lowest BCUT2D eigenvalue weighted by molar-refractivity contribution is 0.0697. The molecule has 0 atom stereocenters. The number of aromatic carboxylic acids is 1. The van der Waals surface area contributed by atoms with Crippen LogP contribution in [0.1, 0.15) is 10.4 Å². The molecule has 1 N–H and O–H groups in total. The van der Waals surface area contributed by atoms with Gasteiger partial charge in [0.05, 0.1) is 17.3 Å². The monoisotopic (exact) mass is 272 g/mol. The van der Waals surface area contributed by atoms with Gasteiger partial charge in [-0.2, -0.15) is 0 Å². The molecule has 2 heterocycles. The Morgan fingerprint density at radius 3 is 2.79 bits per heavy atom. The molecule has 94 valence electrons. The average molecular weight is 273 g/mol. The first kappa shape index (κ1) is 11.7. The van der Waals surface area contributed by atoms with E-state index in [1.165, 1.54) is 0 Å². The molecule has 0 aliphatic heterocycles. The molecule has 3 rings (SSSR count). The maximum Gasteiger partial charge on any atom is 0.335 e. The third-order valence-corrected chi connectivity index (χ3v) is 3.17. The quantitative estimate of drug-likeness (QED) is 0.728. The molecule has 0 aliphatic carbocycles. The van der Waals surface area contributed by atoms with E-state index in [0.29, 0.717) is 16.5 Å². The van der Waals surface area contributed by atoms with Crippen LogP contribution in [0.15, 0.2) is 48.7 Å². The van der Waals surface area contributed by atoms with Crippen molar-refractivity contribution in [3.05, 3.63) is 59.4 Å². The van der Waals surface area contributed by atoms with Gasteiger partial charge in [0.1, 0.15) is 11.0 Å². The minimum atomic E-state index is -0.964. The molecular formula is C14H9ClN2O2. The summed E-state index contributed by atoms with van der Waals surface area (Å²) in [5.74, 6) is -0.336. The normalized spacial score (nSPS) is 10.8. The van der Waals surface area contributed by atoms with Gasteiger partial charge in [-0.05, 0) is 24.3 Å². The topological polar surface area (TPSA) is 54.6 Å². The number of aromatic nitrogens is 2. The maximum atomic E-state index is 11.0. The van der Waals surface area contributed by atoms with Gasteiger partial charge in [0.2, 0.25) is 0 Å². The molecule has 0 saturated heterocycles. The number of imidazole rings is 1. The third-order valence-electron chi connectivity index (χ3n) is 2.87. The van der Waals surface area contributed by atoms with Crippen LogP contribution in [0.5, 0.6) is 0 Å². The van der Waals surface area contributed by atoms with Crippen LogP contribution in [0.25, 0.3) is 16.9 Å². The molecule has 3 aromatic rings. The van der Waals surface area contributed by atoms with Crippen molar-refractivity contribution >= 4 is 23.1 Å². The van der Waals surface area contributed by atoms with Crippen molar-refractivity contribution in [1.29, 1.82) is 0 Å². The highest BCUT2D eigenvalue weighted by Crippen LogP contribution is 2.24. The van der Waals surface area contributed by atoms with Crippen molar-refractivity contribution < 1.29 is 9.90 Å². The smallest absolute Gasteiger partial charge is 0.335 e. The van der Waals surface area contributed by atoms with Gasteiger partial charge in [0.25, 0.3) is 0 Å². The first-order valence-corrected chi connectivity index (χ1v) is 6.00. The second kappa shape index (κ2) is 4.40. The highest BCUT2D eigenvalue weighted by atomic mass is 35.5. The Bertz CT molecular complexity index is 780. The van der Waals surface area contributed by atoms with Crippen LogP contribution in [0, 0.1) is 0 Å². The molecule has 2 aromatic heterocycles. The van der Waals surface area contributed by atoms with Crippen LogP contribution < -0.4 is 0 Å². The number of carboxylic acids is 1. The van der Waals surface area contributed by atoms with Gasteiger partial charge in [-0.15, -0.1) is 0 Å². The Balaban J connectivity index is 2.25. The lowest BCUT2D eigenvalue weighted by Crippen LogP contribution is -1.97. The van der Waals surface area contributed by atoms with E-state index in [1.54, 1.807) is 34.9 Å². The van der Waals surface area contributed by atoms with Gasteiger partial charge < -0.3 is 5.11 Å². The Morgan fingerprint density at radius 1 is 1.21 bits per heavy atom. The van der Waals surface area contributed by atoms with E-state index in [2.05, 4.69) is 4.98 Å². The summed E-state index contributed by atoms with van der Waals surface area (Å²) in [7, 11) is 0. The molecule has 0 saturated carbocycles. The largest absolute Gasteiger partial charge is 0.478 e. The molecule has 0 radical (unpaired) electrons. The summed E-state index contributed by atoms with van der Waals surface area (Å²) in [6.45, 7) is 0. The van der Waals surface area contributed by atoms with Gasteiger partial charge >= 0.3 is 5.97 Å². The lowest BCUT2D eigenvalue weighted by Gasteiger charge is -2.04. The SMILES string of the molecule is O=C(O)c1cccc(-c2ncc3cccc(Cl)n23)c1. The van der Waals surface area contributed by atoms with E-state index < -0.39 is 5.97 Å². The second-order valence-corrected chi connectivity index (χ2v) is 4.46. The predicted octanol–water partition coefficient (Wildman–Crippen LogP) is 3.35. The molecule has 0 bridgehead atoms. The number of halogens is 1. The minimum Gasteiger partial charge on any atom is -0.478 e. The summed E-state index contributed by atoms with van der Waals surface area (Å²) in [6.07, 6.45) is 1.70. The Hall–Kier alpha value is -2.33. The molecule has 4 nitrogen and oxygen atoms in total. The summed E-state index contributed by atoms with van der Waals surface area (Å²) >= 11 is 6.16. The molecule has 0 fully saturated rings. The molecule has 0 amide bonds. The minimum absolute atomic E-state index is 0.223. The summed E-state index contributed by atoms with van der Waals surface area (Å²) in [5, 5.41) is 9.55. The number of fused-ring (bicyclic) bond motifs is 1. The molecule has 19 heavy (non-hydrogen) atoms. The van der Waals surface area contributed by atoms with E-state index in [9.17, 15) is 4.79 Å². The van der Waals surface area contributed by atoms with E-state index in [1.807, 2.05) is 18.2 Å². The zero-order chi connectivity index (χ0) is 13.4. The number of rotatable bonds is 2. The summed E-state index contributed by atoms with van der Waals surface area (Å²) in [4.78, 5) is 15.3. The fourth-order valence-electron chi connectivity index (χ4n) is 2.00. The van der Waals surface area contributed by atoms with Gasteiger partial charge in [-0.3, -0.25) is 4.40 Å². The molecular weight excluding hydrogens is 264 g/mol. The number of pyridine rings is 1. The van der Waals surface area contributed by atoms with Gasteiger partial charge in [-0.1, -0.05) is 29.8 Å². The van der Waals surface area contributed by atoms with Gasteiger partial charge in [0.15, 0.2) is 0 Å². The van der Waals surface area contributed by atoms with Gasteiger partial charge in [-0.25, -0.2) is 9.78 Å². The highest BCUT2D eigenvalue weighted by molar-refractivity contribution is 6.30.